The van der Waals surface area contributed by atoms with E-state index in [9.17, 15) is 9.59 Å². The average molecular weight is 420 g/mol. The molecule has 0 aromatic heterocycles. The zero-order valence-electron chi connectivity index (χ0n) is 18.2. The van der Waals surface area contributed by atoms with Crippen LogP contribution in [0.3, 0.4) is 0 Å². The van der Waals surface area contributed by atoms with E-state index in [0.717, 1.165) is 43.2 Å². The molecular formula is C26H33N3O2. The largest absolute Gasteiger partial charge is 0.349 e. The van der Waals surface area contributed by atoms with E-state index < -0.39 is 0 Å². The van der Waals surface area contributed by atoms with Gasteiger partial charge < -0.3 is 15.5 Å². The number of carbonyl (C=O) groups excluding carboxylic acids is 2. The third-order valence-corrected chi connectivity index (χ3v) is 6.55. The highest BCUT2D eigenvalue weighted by Crippen LogP contribution is 2.19. The Morgan fingerprint density at radius 3 is 2.16 bits per heavy atom. The fourth-order valence-electron chi connectivity index (χ4n) is 4.71. The van der Waals surface area contributed by atoms with Gasteiger partial charge in [0.05, 0.1) is 0 Å². The summed E-state index contributed by atoms with van der Waals surface area (Å²) < 4.78 is 0. The van der Waals surface area contributed by atoms with E-state index in [2.05, 4.69) is 22.8 Å². The second-order valence-corrected chi connectivity index (χ2v) is 8.84. The second kappa shape index (κ2) is 10.5. The standard InChI is InChI=1S/C26H33N3O2/c30-25(24-14-8-7-11-21(24)19-20-9-3-1-4-10-20)27-23-15-17-29(18-16-23)26(31)28-22-12-5-2-6-13-22/h1,3-4,7-11,14,22-23H,2,5-6,12-13,15-19H2,(H,27,30)(H,28,31). The molecule has 31 heavy (non-hydrogen) atoms. The molecule has 1 saturated heterocycles. The number of rotatable bonds is 5. The van der Waals surface area contributed by atoms with E-state index in [-0.39, 0.29) is 18.0 Å². The number of carbonyl (C=O) groups is 2. The Kier molecular flexibility index (Phi) is 7.23. The van der Waals surface area contributed by atoms with E-state index >= 15 is 0 Å². The van der Waals surface area contributed by atoms with E-state index in [1.165, 1.54) is 24.8 Å². The first-order valence-electron chi connectivity index (χ1n) is 11.7. The molecule has 2 aliphatic rings. The van der Waals surface area contributed by atoms with Crippen molar-refractivity contribution in [1.29, 1.82) is 0 Å². The summed E-state index contributed by atoms with van der Waals surface area (Å²) in [6.45, 7) is 1.38. The fraction of sp³-hybridized carbons (Fsp3) is 0.462. The molecule has 5 heteroatoms. The first-order valence-corrected chi connectivity index (χ1v) is 11.7. The molecule has 1 heterocycles. The molecule has 0 bridgehead atoms. The normalized spacial score (nSPS) is 17.9. The predicted molar refractivity (Wildman–Crippen MR) is 123 cm³/mol. The van der Waals surface area contributed by atoms with Crippen molar-refractivity contribution >= 4 is 11.9 Å². The molecule has 0 spiro atoms. The molecule has 1 aliphatic carbocycles. The van der Waals surface area contributed by atoms with Crippen LogP contribution in [0.1, 0.15) is 66.4 Å². The fourth-order valence-corrected chi connectivity index (χ4v) is 4.71. The molecule has 0 atom stereocenters. The van der Waals surface area contributed by atoms with Crippen LogP contribution >= 0.6 is 0 Å². The van der Waals surface area contributed by atoms with Crippen LogP contribution in [0.15, 0.2) is 54.6 Å². The number of hydrogen-bond donors (Lipinski definition) is 2. The summed E-state index contributed by atoms with van der Waals surface area (Å²) in [5.74, 6) is -0.0170. The van der Waals surface area contributed by atoms with Crippen LogP contribution in [-0.2, 0) is 6.42 Å². The van der Waals surface area contributed by atoms with Crippen LogP contribution < -0.4 is 10.6 Å². The van der Waals surface area contributed by atoms with Gasteiger partial charge in [-0.1, -0.05) is 67.8 Å². The Labute approximate surface area is 185 Å². The van der Waals surface area contributed by atoms with Crippen LogP contribution in [0.5, 0.6) is 0 Å². The van der Waals surface area contributed by atoms with Crippen molar-refractivity contribution in [3.05, 3.63) is 71.3 Å². The second-order valence-electron chi connectivity index (χ2n) is 8.84. The third kappa shape index (κ3) is 5.87. The van der Waals surface area contributed by atoms with Crippen molar-refractivity contribution in [1.82, 2.24) is 15.5 Å². The molecule has 2 N–H and O–H groups in total. The monoisotopic (exact) mass is 419 g/mol. The van der Waals surface area contributed by atoms with Crippen molar-refractivity contribution < 1.29 is 9.59 Å². The van der Waals surface area contributed by atoms with Gasteiger partial charge in [-0.05, 0) is 49.3 Å². The molecule has 1 aliphatic heterocycles. The Morgan fingerprint density at radius 2 is 1.42 bits per heavy atom. The topological polar surface area (TPSA) is 61.4 Å². The summed E-state index contributed by atoms with van der Waals surface area (Å²) in [5, 5.41) is 6.41. The molecule has 2 fully saturated rings. The zero-order valence-corrected chi connectivity index (χ0v) is 18.2. The van der Waals surface area contributed by atoms with Crippen molar-refractivity contribution in [2.45, 2.75) is 63.5 Å². The van der Waals surface area contributed by atoms with Gasteiger partial charge in [-0.15, -0.1) is 0 Å². The first kappa shape index (κ1) is 21.4. The Hall–Kier alpha value is -2.82. The minimum absolute atomic E-state index is 0.0170. The molecule has 4 rings (SSSR count). The Balaban J connectivity index is 1.29. The molecule has 0 unspecified atom stereocenters. The summed E-state index contributed by atoms with van der Waals surface area (Å²) in [6, 6.07) is 18.6. The number of likely N-dealkylation sites (tertiary alicyclic amines) is 1. The lowest BCUT2D eigenvalue weighted by atomic mass is 9.95. The summed E-state index contributed by atoms with van der Waals surface area (Å²) in [4.78, 5) is 27.5. The van der Waals surface area contributed by atoms with Gasteiger partial charge in [0.15, 0.2) is 0 Å². The highest BCUT2D eigenvalue weighted by molar-refractivity contribution is 5.96. The van der Waals surface area contributed by atoms with Crippen molar-refractivity contribution in [2.75, 3.05) is 13.1 Å². The van der Waals surface area contributed by atoms with E-state index in [1.807, 2.05) is 47.4 Å². The van der Waals surface area contributed by atoms with Crippen LogP contribution in [-0.4, -0.2) is 42.0 Å². The average Bonchev–Trinajstić information content (AvgIpc) is 2.81. The summed E-state index contributed by atoms with van der Waals surface area (Å²) in [5.41, 5.74) is 2.97. The molecule has 0 radical (unpaired) electrons. The number of nitrogens with one attached hydrogen (secondary N) is 2. The molecule has 3 amide bonds. The van der Waals surface area contributed by atoms with Gasteiger partial charge in [0.2, 0.25) is 0 Å². The predicted octanol–water partition coefficient (Wildman–Crippen LogP) is 4.51. The van der Waals surface area contributed by atoms with Gasteiger partial charge in [-0.2, -0.15) is 0 Å². The van der Waals surface area contributed by atoms with Crippen LogP contribution in [0.25, 0.3) is 0 Å². The number of benzene rings is 2. The van der Waals surface area contributed by atoms with Gasteiger partial charge in [0.1, 0.15) is 0 Å². The number of piperidine rings is 1. The lowest BCUT2D eigenvalue weighted by molar-refractivity contribution is 0.0916. The lowest BCUT2D eigenvalue weighted by Gasteiger charge is -2.34. The van der Waals surface area contributed by atoms with Crippen molar-refractivity contribution in [3.63, 3.8) is 0 Å². The molecule has 2 aromatic carbocycles. The molecule has 2 aromatic rings. The number of hydrogen-bond acceptors (Lipinski definition) is 2. The van der Waals surface area contributed by atoms with Gasteiger partial charge in [-0.3, -0.25) is 4.79 Å². The van der Waals surface area contributed by atoms with Gasteiger partial charge in [0, 0.05) is 30.7 Å². The summed E-state index contributed by atoms with van der Waals surface area (Å²) >= 11 is 0. The first-order chi connectivity index (χ1) is 15.2. The number of amides is 3. The third-order valence-electron chi connectivity index (χ3n) is 6.55. The quantitative estimate of drug-likeness (QED) is 0.749. The van der Waals surface area contributed by atoms with Gasteiger partial charge in [-0.25, -0.2) is 4.79 Å². The van der Waals surface area contributed by atoms with Gasteiger partial charge in [0.25, 0.3) is 5.91 Å². The lowest BCUT2D eigenvalue weighted by Crippen LogP contribution is -2.51. The molecule has 1 saturated carbocycles. The summed E-state index contributed by atoms with van der Waals surface area (Å²) in [7, 11) is 0. The van der Waals surface area contributed by atoms with Crippen LogP contribution in [0, 0.1) is 0 Å². The highest BCUT2D eigenvalue weighted by atomic mass is 16.2. The number of nitrogens with zero attached hydrogens (tertiary/aromatic N) is 1. The van der Waals surface area contributed by atoms with Crippen molar-refractivity contribution in [3.8, 4) is 0 Å². The maximum atomic E-state index is 13.0. The van der Waals surface area contributed by atoms with Crippen LogP contribution in [0.2, 0.25) is 0 Å². The SMILES string of the molecule is O=C(NC1CCN(C(=O)NC2CCCCC2)CC1)c1ccccc1Cc1ccccc1. The maximum absolute atomic E-state index is 13.0. The van der Waals surface area contributed by atoms with Gasteiger partial charge >= 0.3 is 6.03 Å². The Bertz CT molecular complexity index is 869. The van der Waals surface area contributed by atoms with Crippen molar-refractivity contribution in [2.24, 2.45) is 0 Å². The van der Waals surface area contributed by atoms with E-state index in [0.29, 0.717) is 19.1 Å². The van der Waals surface area contributed by atoms with E-state index in [1.54, 1.807) is 0 Å². The summed E-state index contributed by atoms with van der Waals surface area (Å²) in [6.07, 6.45) is 8.24. The zero-order chi connectivity index (χ0) is 21.5. The molecular weight excluding hydrogens is 386 g/mol. The number of urea groups is 1. The minimum atomic E-state index is -0.0170. The maximum Gasteiger partial charge on any atom is 0.317 e. The van der Waals surface area contributed by atoms with E-state index in [4.69, 9.17) is 0 Å². The van der Waals surface area contributed by atoms with Crippen LogP contribution in [0.4, 0.5) is 4.79 Å². The molecule has 5 nitrogen and oxygen atoms in total. The minimum Gasteiger partial charge on any atom is -0.349 e. The Morgan fingerprint density at radius 1 is 0.774 bits per heavy atom. The molecule has 164 valence electrons. The highest BCUT2D eigenvalue weighted by Gasteiger charge is 2.26. The smallest absolute Gasteiger partial charge is 0.317 e.